The van der Waals surface area contributed by atoms with Crippen LogP contribution >= 0.6 is 39.0 Å². The number of rotatable bonds is 5. The first-order chi connectivity index (χ1) is 9.03. The first-order valence-electron chi connectivity index (χ1n) is 6.06. The van der Waals surface area contributed by atoms with E-state index in [1.165, 1.54) is 11.3 Å². The molecule has 1 aliphatic heterocycles. The molecule has 8 heteroatoms. The lowest BCUT2D eigenvalue weighted by Gasteiger charge is -2.22. The van der Waals surface area contributed by atoms with E-state index in [-0.39, 0.29) is 6.04 Å². The van der Waals surface area contributed by atoms with Crippen LogP contribution in [-0.2, 0) is 16.6 Å². The Hall–Kier alpha value is 0.400. The molecule has 2 heterocycles. The molecule has 0 aliphatic carbocycles. The highest BCUT2D eigenvalue weighted by atomic mass is 79.9. The molecule has 0 radical (unpaired) electrons. The van der Waals surface area contributed by atoms with Gasteiger partial charge in [0, 0.05) is 17.5 Å². The highest BCUT2D eigenvalue weighted by Gasteiger charge is 2.25. The molecule has 1 aliphatic rings. The second kappa shape index (κ2) is 6.91. The minimum atomic E-state index is -3.41. The van der Waals surface area contributed by atoms with Crippen LogP contribution in [0, 0.1) is 0 Å². The second-order valence-electron chi connectivity index (χ2n) is 4.39. The molecule has 2 N–H and O–H groups in total. The first-order valence-corrected chi connectivity index (χ1v) is 10.3. The zero-order chi connectivity index (χ0) is 13.9. The van der Waals surface area contributed by atoms with Crippen molar-refractivity contribution < 1.29 is 8.42 Å². The number of thiophene rings is 1. The van der Waals surface area contributed by atoms with E-state index >= 15 is 0 Å². The third-order valence-electron chi connectivity index (χ3n) is 2.89. The molecule has 4 nitrogen and oxygen atoms in total. The molecule has 0 amide bonds. The lowest BCUT2D eigenvalue weighted by atomic mass is 10.2. The molecule has 1 fully saturated rings. The van der Waals surface area contributed by atoms with Crippen LogP contribution in [0.5, 0.6) is 0 Å². The molecule has 1 saturated heterocycles. The van der Waals surface area contributed by atoms with Gasteiger partial charge in [-0.15, -0.1) is 11.3 Å². The van der Waals surface area contributed by atoms with Gasteiger partial charge in [-0.3, -0.25) is 0 Å². The van der Waals surface area contributed by atoms with Crippen molar-refractivity contribution in [2.75, 3.05) is 18.6 Å². The molecule has 0 unspecified atom stereocenters. The number of hydrogen-bond acceptors (Lipinski definition) is 5. The second-order valence-corrected chi connectivity index (χ2v) is 9.75. The summed E-state index contributed by atoms with van der Waals surface area (Å²) in [6.45, 7) is 0.679. The minimum absolute atomic E-state index is 0.0748. The fourth-order valence-electron chi connectivity index (χ4n) is 1.94. The van der Waals surface area contributed by atoms with Crippen molar-refractivity contribution in [2.24, 2.45) is 0 Å². The number of hydrogen-bond donors (Lipinski definition) is 2. The van der Waals surface area contributed by atoms with Crippen LogP contribution in [0.4, 0.5) is 0 Å². The molecule has 1 aromatic heterocycles. The van der Waals surface area contributed by atoms with E-state index < -0.39 is 10.0 Å². The van der Waals surface area contributed by atoms with Gasteiger partial charge in [0.05, 0.1) is 3.79 Å². The summed E-state index contributed by atoms with van der Waals surface area (Å²) in [4.78, 5) is 1.37. The molecule has 0 aromatic carbocycles. The maximum absolute atomic E-state index is 12.4. The van der Waals surface area contributed by atoms with Crippen LogP contribution in [0.3, 0.4) is 0 Å². The molecule has 1 aromatic rings. The van der Waals surface area contributed by atoms with Crippen molar-refractivity contribution in [3.05, 3.63) is 14.7 Å². The van der Waals surface area contributed by atoms with Crippen molar-refractivity contribution >= 4 is 49.1 Å². The summed E-state index contributed by atoms with van der Waals surface area (Å²) in [5, 5.41) is 3.03. The summed E-state index contributed by atoms with van der Waals surface area (Å²) in [7, 11) is -1.56. The van der Waals surface area contributed by atoms with Crippen molar-refractivity contribution in [3.8, 4) is 0 Å². The minimum Gasteiger partial charge on any atom is -0.315 e. The van der Waals surface area contributed by atoms with E-state index in [1.54, 1.807) is 6.07 Å². The standard InChI is InChI=1S/C11H17BrN2O2S3/c1-13-7-9-6-10(11(12)18-9)19(15,16)14-8-2-4-17-5-3-8/h6,8,13-14H,2-5,7H2,1H3. The summed E-state index contributed by atoms with van der Waals surface area (Å²) < 4.78 is 28.3. The number of sulfonamides is 1. The van der Waals surface area contributed by atoms with Crippen LogP contribution in [-0.4, -0.2) is 33.0 Å². The maximum Gasteiger partial charge on any atom is 0.242 e. The van der Waals surface area contributed by atoms with Gasteiger partial charge in [-0.2, -0.15) is 11.8 Å². The molecule has 0 saturated carbocycles. The maximum atomic E-state index is 12.4. The van der Waals surface area contributed by atoms with Crippen LogP contribution in [0.2, 0.25) is 0 Å². The van der Waals surface area contributed by atoms with Crippen LogP contribution in [0.15, 0.2) is 14.7 Å². The van der Waals surface area contributed by atoms with E-state index in [1.807, 2.05) is 18.8 Å². The van der Waals surface area contributed by atoms with E-state index in [2.05, 4.69) is 26.0 Å². The molecule has 19 heavy (non-hydrogen) atoms. The van der Waals surface area contributed by atoms with E-state index in [0.717, 1.165) is 29.2 Å². The largest absolute Gasteiger partial charge is 0.315 e. The monoisotopic (exact) mass is 384 g/mol. The normalized spacial score (nSPS) is 17.8. The van der Waals surface area contributed by atoms with E-state index in [4.69, 9.17) is 0 Å². The summed E-state index contributed by atoms with van der Waals surface area (Å²) >= 11 is 6.70. The zero-order valence-corrected chi connectivity index (χ0v) is 14.6. The highest BCUT2D eigenvalue weighted by molar-refractivity contribution is 9.11. The summed E-state index contributed by atoms with van der Waals surface area (Å²) in [6, 6.07) is 1.82. The summed E-state index contributed by atoms with van der Waals surface area (Å²) in [5.41, 5.74) is 0. The molecule has 0 atom stereocenters. The van der Waals surface area contributed by atoms with Gasteiger partial charge in [-0.05, 0) is 53.4 Å². The quantitative estimate of drug-likeness (QED) is 0.817. The van der Waals surface area contributed by atoms with Crippen LogP contribution < -0.4 is 10.0 Å². The predicted molar refractivity (Wildman–Crippen MR) is 85.5 cm³/mol. The lowest BCUT2D eigenvalue weighted by Crippen LogP contribution is -2.37. The topological polar surface area (TPSA) is 58.2 Å². The van der Waals surface area contributed by atoms with Crippen LogP contribution in [0.1, 0.15) is 17.7 Å². The molecular formula is C11H17BrN2O2S3. The highest BCUT2D eigenvalue weighted by Crippen LogP contribution is 2.32. The molecule has 108 valence electrons. The average molecular weight is 385 g/mol. The lowest BCUT2D eigenvalue weighted by molar-refractivity contribution is 0.529. The van der Waals surface area contributed by atoms with Gasteiger partial charge in [-0.1, -0.05) is 0 Å². The van der Waals surface area contributed by atoms with Gasteiger partial charge in [0.25, 0.3) is 0 Å². The Morgan fingerprint density at radius 3 is 2.74 bits per heavy atom. The Bertz CT molecular complexity index is 524. The van der Waals surface area contributed by atoms with Gasteiger partial charge >= 0.3 is 0 Å². The van der Waals surface area contributed by atoms with Crippen molar-refractivity contribution in [2.45, 2.75) is 30.3 Å². The molecular weight excluding hydrogens is 368 g/mol. The molecule has 0 spiro atoms. The fraction of sp³-hybridized carbons (Fsp3) is 0.636. The summed E-state index contributed by atoms with van der Waals surface area (Å²) in [5.74, 6) is 2.06. The predicted octanol–water partition coefficient (Wildman–Crippen LogP) is 2.40. The molecule has 0 bridgehead atoms. The van der Waals surface area contributed by atoms with Gasteiger partial charge in [0.15, 0.2) is 0 Å². The average Bonchev–Trinajstić information content (AvgIpc) is 2.72. The fourth-order valence-corrected chi connectivity index (χ4v) is 7.05. The Balaban J connectivity index is 2.14. The smallest absolute Gasteiger partial charge is 0.242 e. The third-order valence-corrected chi connectivity index (χ3v) is 7.71. The van der Waals surface area contributed by atoms with Crippen molar-refractivity contribution in [1.82, 2.24) is 10.0 Å². The number of thioether (sulfide) groups is 1. The van der Waals surface area contributed by atoms with Crippen LogP contribution in [0.25, 0.3) is 0 Å². The van der Waals surface area contributed by atoms with Crippen molar-refractivity contribution in [1.29, 1.82) is 0 Å². The third kappa shape index (κ3) is 4.18. The van der Waals surface area contributed by atoms with E-state index in [9.17, 15) is 8.42 Å². The molecule has 2 rings (SSSR count). The summed E-state index contributed by atoms with van der Waals surface area (Å²) in [6.07, 6.45) is 1.82. The number of nitrogens with one attached hydrogen (secondary N) is 2. The van der Waals surface area contributed by atoms with Gasteiger partial charge in [-0.25, -0.2) is 13.1 Å². The zero-order valence-electron chi connectivity index (χ0n) is 10.6. The van der Waals surface area contributed by atoms with Crippen molar-refractivity contribution in [3.63, 3.8) is 0 Å². The Morgan fingerprint density at radius 1 is 1.42 bits per heavy atom. The van der Waals surface area contributed by atoms with E-state index in [0.29, 0.717) is 15.2 Å². The Kier molecular flexibility index (Phi) is 5.74. The Morgan fingerprint density at radius 2 is 2.11 bits per heavy atom. The van der Waals surface area contributed by atoms with Gasteiger partial charge in [0.2, 0.25) is 10.0 Å². The van der Waals surface area contributed by atoms with Gasteiger partial charge < -0.3 is 5.32 Å². The van der Waals surface area contributed by atoms with Gasteiger partial charge in [0.1, 0.15) is 4.90 Å². The first kappa shape index (κ1) is 15.8. The SMILES string of the molecule is CNCc1cc(S(=O)(=O)NC2CCSCC2)c(Br)s1. The number of halogens is 1. The Labute approximate surface area is 130 Å².